The Kier molecular flexibility index (Phi) is 7.41. The molecule has 0 unspecified atom stereocenters. The van der Waals surface area contributed by atoms with Crippen molar-refractivity contribution in [3.8, 4) is 0 Å². The van der Waals surface area contributed by atoms with Crippen LogP contribution in [0.25, 0.3) is 0 Å². The number of allylic oxidation sites excluding steroid dienone is 2. The highest BCUT2D eigenvalue weighted by Crippen LogP contribution is 2.24. The molecular weight excluding hydrogens is 296 g/mol. The highest BCUT2D eigenvalue weighted by Gasteiger charge is 2.49. The van der Waals surface area contributed by atoms with Gasteiger partial charge < -0.3 is 28.4 Å². The maximum atomic E-state index is 11.8. The summed E-state index contributed by atoms with van der Waals surface area (Å²) in [7, 11) is 2.34. The average Bonchev–Trinajstić information content (AvgIpc) is 2.56. The predicted molar refractivity (Wildman–Crippen MR) is 73.2 cm³/mol. The van der Waals surface area contributed by atoms with E-state index in [2.05, 4.69) is 9.47 Å². The van der Waals surface area contributed by atoms with E-state index in [9.17, 15) is 9.59 Å². The zero-order chi connectivity index (χ0) is 16.5. The summed E-state index contributed by atoms with van der Waals surface area (Å²) in [4.78, 5) is 23.5. The molecule has 0 N–H and O–H groups in total. The Balaban J connectivity index is 2.98. The van der Waals surface area contributed by atoms with Gasteiger partial charge in [0, 0.05) is 0 Å². The van der Waals surface area contributed by atoms with Crippen LogP contribution in [0.1, 0.15) is 13.8 Å². The summed E-state index contributed by atoms with van der Waals surface area (Å²) in [6.07, 6.45) is 1.19. The van der Waals surface area contributed by atoms with Crippen LogP contribution in [0.5, 0.6) is 0 Å². The van der Waals surface area contributed by atoms with E-state index in [0.717, 1.165) is 0 Å². The molecule has 1 aliphatic rings. The average molecular weight is 316 g/mol. The van der Waals surface area contributed by atoms with Crippen LogP contribution in [0.3, 0.4) is 0 Å². The fourth-order valence-electron chi connectivity index (χ4n) is 1.66. The van der Waals surface area contributed by atoms with Crippen LogP contribution in [0.2, 0.25) is 0 Å². The van der Waals surface area contributed by atoms with E-state index < -0.39 is 36.7 Å². The molecule has 8 nitrogen and oxygen atoms in total. The van der Waals surface area contributed by atoms with E-state index >= 15 is 0 Å². The molecule has 4 atom stereocenters. The Morgan fingerprint density at radius 1 is 0.818 bits per heavy atom. The van der Waals surface area contributed by atoms with E-state index in [-0.39, 0.29) is 0 Å². The standard InChI is InChI=1S/C14H20O8/c1-5-7-19-13-14(20-8-6-2)22-10(12(16)18-4)9(21-13)11(15)17-3/h5-10,13-14H,1-4H3/b7-5+,8-6+/t9-,10-,13-,14-/m1/s1. The number of ether oxygens (including phenoxy) is 6. The van der Waals surface area contributed by atoms with Crippen molar-refractivity contribution in [2.24, 2.45) is 0 Å². The lowest BCUT2D eigenvalue weighted by atomic mass is 10.2. The quantitative estimate of drug-likeness (QED) is 0.527. The molecule has 0 aromatic heterocycles. The molecule has 0 aromatic carbocycles. The smallest absolute Gasteiger partial charge is 0.338 e. The van der Waals surface area contributed by atoms with E-state index in [4.69, 9.17) is 18.9 Å². The summed E-state index contributed by atoms with van der Waals surface area (Å²) in [5.41, 5.74) is 0. The van der Waals surface area contributed by atoms with Gasteiger partial charge in [0.05, 0.1) is 26.7 Å². The van der Waals surface area contributed by atoms with E-state index in [1.165, 1.54) is 26.7 Å². The third-order valence-corrected chi connectivity index (χ3v) is 2.62. The lowest BCUT2D eigenvalue weighted by Gasteiger charge is -2.37. The third-order valence-electron chi connectivity index (χ3n) is 2.62. The van der Waals surface area contributed by atoms with Crippen LogP contribution < -0.4 is 0 Å². The van der Waals surface area contributed by atoms with Gasteiger partial charge in [0.2, 0.25) is 0 Å². The van der Waals surface area contributed by atoms with Crippen molar-refractivity contribution in [3.63, 3.8) is 0 Å². The monoisotopic (exact) mass is 316 g/mol. The fraction of sp³-hybridized carbons (Fsp3) is 0.571. The number of carbonyl (C=O) groups is 2. The fourth-order valence-corrected chi connectivity index (χ4v) is 1.66. The van der Waals surface area contributed by atoms with Crippen LogP contribution in [-0.2, 0) is 38.0 Å². The molecule has 0 radical (unpaired) electrons. The van der Waals surface area contributed by atoms with Crippen LogP contribution in [0, 0.1) is 0 Å². The van der Waals surface area contributed by atoms with Crippen LogP contribution in [0.4, 0.5) is 0 Å². The van der Waals surface area contributed by atoms with Gasteiger partial charge in [-0.25, -0.2) is 9.59 Å². The van der Waals surface area contributed by atoms with Crippen molar-refractivity contribution in [2.75, 3.05) is 14.2 Å². The van der Waals surface area contributed by atoms with Gasteiger partial charge >= 0.3 is 11.9 Å². The zero-order valence-electron chi connectivity index (χ0n) is 12.9. The summed E-state index contributed by atoms with van der Waals surface area (Å²) in [5, 5.41) is 0. The second-order valence-electron chi connectivity index (χ2n) is 4.11. The van der Waals surface area contributed by atoms with Gasteiger partial charge in [-0.05, 0) is 13.8 Å². The highest BCUT2D eigenvalue weighted by atomic mass is 16.8. The van der Waals surface area contributed by atoms with Crippen molar-refractivity contribution in [1.82, 2.24) is 0 Å². The van der Waals surface area contributed by atoms with Gasteiger partial charge in [-0.15, -0.1) is 0 Å². The van der Waals surface area contributed by atoms with Gasteiger partial charge in [0.1, 0.15) is 0 Å². The molecule has 0 aliphatic carbocycles. The van der Waals surface area contributed by atoms with Crippen molar-refractivity contribution in [1.29, 1.82) is 0 Å². The first-order valence-corrected chi connectivity index (χ1v) is 6.58. The minimum Gasteiger partial charge on any atom is -0.467 e. The largest absolute Gasteiger partial charge is 0.467 e. The molecule has 1 fully saturated rings. The number of methoxy groups -OCH3 is 2. The zero-order valence-corrected chi connectivity index (χ0v) is 12.9. The molecule has 0 bridgehead atoms. The Bertz CT molecular complexity index is 391. The molecule has 0 spiro atoms. The maximum Gasteiger partial charge on any atom is 0.338 e. The summed E-state index contributed by atoms with van der Waals surface area (Å²) in [6, 6.07) is 0. The Hall–Kier alpha value is -2.06. The molecule has 1 saturated heterocycles. The molecule has 8 heteroatoms. The third kappa shape index (κ3) is 4.47. The van der Waals surface area contributed by atoms with Crippen molar-refractivity contribution >= 4 is 11.9 Å². The maximum absolute atomic E-state index is 11.8. The number of hydrogen-bond donors (Lipinski definition) is 0. The van der Waals surface area contributed by atoms with Crippen molar-refractivity contribution in [3.05, 3.63) is 24.7 Å². The minimum atomic E-state index is -1.32. The number of rotatable bonds is 6. The van der Waals surface area contributed by atoms with Crippen LogP contribution in [-0.4, -0.2) is 50.9 Å². The second kappa shape index (κ2) is 9.06. The lowest BCUT2D eigenvalue weighted by molar-refractivity contribution is -0.332. The molecule has 0 aromatic rings. The predicted octanol–water partition coefficient (Wildman–Crippen LogP) is 0.869. The SMILES string of the molecule is C/C=C/O[C@@H]1O[C@@H](C(=O)OC)[C@H](C(=O)OC)O[C@H]1O/C=C/C. The molecule has 22 heavy (non-hydrogen) atoms. The van der Waals surface area contributed by atoms with E-state index in [1.54, 1.807) is 26.0 Å². The molecule has 0 amide bonds. The van der Waals surface area contributed by atoms with Crippen LogP contribution >= 0.6 is 0 Å². The minimum absolute atomic E-state index is 0.783. The Morgan fingerprint density at radius 3 is 1.45 bits per heavy atom. The van der Waals surface area contributed by atoms with Gasteiger partial charge in [0.25, 0.3) is 12.6 Å². The topological polar surface area (TPSA) is 89.5 Å². The van der Waals surface area contributed by atoms with Gasteiger partial charge in [-0.1, -0.05) is 12.2 Å². The summed E-state index contributed by atoms with van der Waals surface area (Å²) in [6.45, 7) is 3.47. The molecular formula is C14H20O8. The van der Waals surface area contributed by atoms with Crippen molar-refractivity contribution in [2.45, 2.75) is 38.6 Å². The number of esters is 2. The van der Waals surface area contributed by atoms with E-state index in [0.29, 0.717) is 0 Å². The lowest BCUT2D eigenvalue weighted by Crippen LogP contribution is -2.56. The first-order valence-electron chi connectivity index (χ1n) is 6.58. The highest BCUT2D eigenvalue weighted by molar-refractivity contribution is 5.85. The van der Waals surface area contributed by atoms with Crippen molar-refractivity contribution < 1.29 is 38.0 Å². The number of hydrogen-bond acceptors (Lipinski definition) is 8. The molecule has 124 valence electrons. The Labute approximate surface area is 128 Å². The molecule has 1 aliphatic heterocycles. The normalized spacial score (nSPS) is 28.5. The first kappa shape index (κ1) is 18.0. The van der Waals surface area contributed by atoms with Gasteiger partial charge in [-0.2, -0.15) is 0 Å². The van der Waals surface area contributed by atoms with Gasteiger partial charge in [0.15, 0.2) is 12.2 Å². The first-order chi connectivity index (χ1) is 10.6. The molecule has 1 heterocycles. The second-order valence-corrected chi connectivity index (χ2v) is 4.11. The van der Waals surface area contributed by atoms with E-state index in [1.807, 2.05) is 0 Å². The van der Waals surface area contributed by atoms with Gasteiger partial charge in [-0.3, -0.25) is 0 Å². The number of carbonyl (C=O) groups excluding carboxylic acids is 2. The summed E-state index contributed by atoms with van der Waals surface area (Å²) in [5.74, 6) is -1.57. The summed E-state index contributed by atoms with van der Waals surface area (Å²) < 4.78 is 30.7. The molecule has 0 saturated carbocycles. The molecule has 1 rings (SSSR count). The summed E-state index contributed by atoms with van der Waals surface area (Å²) >= 11 is 0. The Morgan fingerprint density at radius 2 is 1.18 bits per heavy atom. The van der Waals surface area contributed by atoms with Crippen LogP contribution in [0.15, 0.2) is 24.7 Å².